The average molecular weight is 514 g/mol. The first-order valence-electron chi connectivity index (χ1n) is 11.6. The van der Waals surface area contributed by atoms with Crippen LogP contribution in [0.15, 0.2) is 65.6 Å². The highest BCUT2D eigenvalue weighted by atomic mass is 35.5. The molecule has 0 unspecified atom stereocenters. The van der Waals surface area contributed by atoms with Crippen molar-refractivity contribution in [1.82, 2.24) is 10.2 Å². The molecule has 0 radical (unpaired) electrons. The van der Waals surface area contributed by atoms with E-state index in [0.29, 0.717) is 28.4 Å². The molecule has 1 aliphatic heterocycles. The Bertz CT molecular complexity index is 1350. The minimum atomic E-state index is -3.68. The number of hydrogen-bond donors (Lipinski definition) is 1. The zero-order chi connectivity index (χ0) is 25.2. The molecule has 184 valence electrons. The van der Waals surface area contributed by atoms with Crippen molar-refractivity contribution in [3.8, 4) is 0 Å². The second-order valence-electron chi connectivity index (χ2n) is 8.50. The SMILES string of the molecule is CC[C@@H](C(=O)NC)N(Cc1ccc(Cl)cc1)C(=O)CCCN1c2cccc3cccc(c23)S1(=O)=O. The molecule has 35 heavy (non-hydrogen) atoms. The Morgan fingerprint density at radius 1 is 1.06 bits per heavy atom. The fourth-order valence-corrected chi connectivity index (χ4v) is 6.46. The van der Waals surface area contributed by atoms with Crippen molar-refractivity contribution in [2.75, 3.05) is 17.9 Å². The minimum absolute atomic E-state index is 0.111. The number of hydrogen-bond acceptors (Lipinski definition) is 4. The number of halogens is 1. The average Bonchev–Trinajstić information content (AvgIpc) is 3.08. The van der Waals surface area contributed by atoms with Gasteiger partial charge in [0.05, 0.1) is 10.6 Å². The number of nitrogens with one attached hydrogen (secondary N) is 1. The molecule has 3 aromatic carbocycles. The normalized spacial score (nSPS) is 14.7. The third-order valence-electron chi connectivity index (χ3n) is 6.33. The van der Waals surface area contributed by atoms with Gasteiger partial charge in [-0.3, -0.25) is 13.9 Å². The lowest BCUT2D eigenvalue weighted by Crippen LogP contribution is -2.48. The second kappa shape index (κ2) is 10.3. The van der Waals surface area contributed by atoms with E-state index >= 15 is 0 Å². The van der Waals surface area contributed by atoms with E-state index in [2.05, 4.69) is 5.32 Å². The molecule has 0 fully saturated rings. The Morgan fingerprint density at radius 3 is 2.40 bits per heavy atom. The van der Waals surface area contributed by atoms with Crippen molar-refractivity contribution in [1.29, 1.82) is 0 Å². The molecule has 0 spiro atoms. The number of sulfonamides is 1. The van der Waals surface area contributed by atoms with Gasteiger partial charge in [0.1, 0.15) is 6.04 Å². The van der Waals surface area contributed by atoms with E-state index in [9.17, 15) is 18.0 Å². The Hall–Kier alpha value is -3.10. The lowest BCUT2D eigenvalue weighted by molar-refractivity contribution is -0.141. The molecule has 1 atom stereocenters. The summed E-state index contributed by atoms with van der Waals surface area (Å²) < 4.78 is 27.8. The molecule has 2 amide bonds. The number of benzene rings is 3. The van der Waals surface area contributed by atoms with Gasteiger partial charge in [-0.25, -0.2) is 8.42 Å². The number of likely N-dealkylation sites (N-methyl/N-ethyl adjacent to an activating group) is 1. The van der Waals surface area contributed by atoms with Crippen LogP contribution in [0.25, 0.3) is 10.8 Å². The fourth-order valence-electron chi connectivity index (χ4n) is 4.59. The number of nitrogens with zero attached hydrogens (tertiary/aromatic N) is 2. The van der Waals surface area contributed by atoms with Crippen LogP contribution in [0.5, 0.6) is 0 Å². The summed E-state index contributed by atoms with van der Waals surface area (Å²) in [5.74, 6) is -0.443. The smallest absolute Gasteiger partial charge is 0.265 e. The number of rotatable bonds is 9. The lowest BCUT2D eigenvalue weighted by Gasteiger charge is -2.30. The van der Waals surface area contributed by atoms with Crippen molar-refractivity contribution in [2.24, 2.45) is 0 Å². The first-order valence-corrected chi connectivity index (χ1v) is 13.4. The molecular formula is C26H28ClN3O4S. The topological polar surface area (TPSA) is 86.8 Å². The predicted molar refractivity (Wildman–Crippen MR) is 138 cm³/mol. The van der Waals surface area contributed by atoms with Crippen molar-refractivity contribution in [2.45, 2.75) is 43.7 Å². The van der Waals surface area contributed by atoms with Crippen LogP contribution < -0.4 is 9.62 Å². The van der Waals surface area contributed by atoms with Crippen LogP contribution in [0, 0.1) is 0 Å². The molecule has 1 heterocycles. The highest BCUT2D eigenvalue weighted by Crippen LogP contribution is 2.42. The summed E-state index contributed by atoms with van der Waals surface area (Å²) in [6, 6.07) is 17.3. The molecule has 1 aliphatic rings. The molecular weight excluding hydrogens is 486 g/mol. The van der Waals surface area contributed by atoms with Crippen molar-refractivity contribution in [3.63, 3.8) is 0 Å². The van der Waals surface area contributed by atoms with Gasteiger partial charge in [-0.2, -0.15) is 0 Å². The first kappa shape index (κ1) is 25.0. The molecule has 9 heteroatoms. The summed E-state index contributed by atoms with van der Waals surface area (Å²) in [5, 5.41) is 4.82. The molecule has 7 nitrogen and oxygen atoms in total. The Labute approximate surface area is 210 Å². The standard InChI is InChI=1S/C26H28ClN3O4S/c1-3-21(26(32)28-2)29(17-18-12-14-20(27)15-13-18)24(31)11-6-16-30-22-9-4-7-19-8-5-10-23(25(19)22)35(30,33)34/h4-5,7-10,12-15,21H,3,6,11,16-17H2,1-2H3,(H,28,32)/t21-/m0/s1. The van der Waals surface area contributed by atoms with E-state index in [-0.39, 0.29) is 31.3 Å². The number of carbonyl (C=O) groups is 2. The second-order valence-corrected chi connectivity index (χ2v) is 10.8. The molecule has 3 aromatic rings. The van der Waals surface area contributed by atoms with E-state index < -0.39 is 16.1 Å². The maximum absolute atomic E-state index is 13.3. The largest absolute Gasteiger partial charge is 0.357 e. The molecule has 0 bridgehead atoms. The highest BCUT2D eigenvalue weighted by Gasteiger charge is 2.35. The highest BCUT2D eigenvalue weighted by molar-refractivity contribution is 7.93. The summed E-state index contributed by atoms with van der Waals surface area (Å²) in [5.41, 5.74) is 1.50. The van der Waals surface area contributed by atoms with Crippen LogP contribution in [0.2, 0.25) is 5.02 Å². The van der Waals surface area contributed by atoms with E-state index in [0.717, 1.165) is 16.3 Å². The summed E-state index contributed by atoms with van der Waals surface area (Å²) in [6.07, 6.45) is 0.889. The number of carbonyl (C=O) groups excluding carboxylic acids is 2. The molecule has 4 rings (SSSR count). The quantitative estimate of drug-likeness (QED) is 0.461. The third-order valence-corrected chi connectivity index (χ3v) is 8.44. The Morgan fingerprint density at radius 2 is 1.74 bits per heavy atom. The van der Waals surface area contributed by atoms with Crippen LogP contribution >= 0.6 is 11.6 Å². The van der Waals surface area contributed by atoms with Gasteiger partial charge in [0.25, 0.3) is 10.0 Å². The van der Waals surface area contributed by atoms with Crippen molar-refractivity contribution in [3.05, 3.63) is 71.2 Å². The van der Waals surface area contributed by atoms with Gasteiger partial charge in [0.2, 0.25) is 11.8 Å². The summed E-state index contributed by atoms with van der Waals surface area (Å²) >= 11 is 5.99. The zero-order valence-electron chi connectivity index (χ0n) is 19.7. The van der Waals surface area contributed by atoms with Crippen LogP contribution in [-0.2, 0) is 26.2 Å². The van der Waals surface area contributed by atoms with Gasteiger partial charge in [-0.1, -0.05) is 54.9 Å². The maximum Gasteiger partial charge on any atom is 0.265 e. The van der Waals surface area contributed by atoms with Crippen LogP contribution in [0.4, 0.5) is 5.69 Å². The van der Waals surface area contributed by atoms with Gasteiger partial charge in [-0.15, -0.1) is 0 Å². The van der Waals surface area contributed by atoms with Gasteiger partial charge in [0.15, 0.2) is 0 Å². The summed E-state index contributed by atoms with van der Waals surface area (Å²) in [7, 11) is -2.13. The third kappa shape index (κ3) is 4.86. The fraction of sp³-hybridized carbons (Fsp3) is 0.308. The van der Waals surface area contributed by atoms with E-state index in [4.69, 9.17) is 11.6 Å². The molecule has 0 saturated carbocycles. The Kier molecular flexibility index (Phi) is 7.33. The van der Waals surface area contributed by atoms with Crippen LogP contribution in [0.3, 0.4) is 0 Å². The van der Waals surface area contributed by atoms with Crippen LogP contribution in [-0.4, -0.2) is 44.8 Å². The van der Waals surface area contributed by atoms with Gasteiger partial charge >= 0.3 is 0 Å². The first-order chi connectivity index (χ1) is 16.8. The van der Waals surface area contributed by atoms with Crippen molar-refractivity contribution >= 4 is 49.9 Å². The monoisotopic (exact) mass is 513 g/mol. The van der Waals surface area contributed by atoms with E-state index in [1.165, 1.54) is 4.31 Å². The maximum atomic E-state index is 13.3. The van der Waals surface area contributed by atoms with E-state index in [1.54, 1.807) is 42.3 Å². The molecule has 0 aliphatic carbocycles. The minimum Gasteiger partial charge on any atom is -0.357 e. The predicted octanol–water partition coefficient (Wildman–Crippen LogP) is 4.34. The van der Waals surface area contributed by atoms with Crippen molar-refractivity contribution < 1.29 is 18.0 Å². The van der Waals surface area contributed by atoms with Gasteiger partial charge < -0.3 is 10.2 Å². The van der Waals surface area contributed by atoms with Gasteiger partial charge in [0, 0.05) is 37.0 Å². The Balaban J connectivity index is 1.51. The number of anilines is 1. The lowest BCUT2D eigenvalue weighted by atomic mass is 10.1. The summed E-state index contributed by atoms with van der Waals surface area (Å²) in [6.45, 7) is 2.29. The molecule has 1 N–H and O–H groups in total. The zero-order valence-corrected chi connectivity index (χ0v) is 21.3. The van der Waals surface area contributed by atoms with Crippen LogP contribution in [0.1, 0.15) is 31.7 Å². The van der Waals surface area contributed by atoms with E-state index in [1.807, 2.05) is 37.3 Å². The summed E-state index contributed by atoms with van der Waals surface area (Å²) in [4.78, 5) is 27.7. The molecule has 0 saturated heterocycles. The number of amides is 2. The van der Waals surface area contributed by atoms with Gasteiger partial charge in [-0.05, 0) is 48.1 Å². The molecule has 0 aromatic heterocycles.